The van der Waals surface area contributed by atoms with E-state index in [2.05, 4.69) is 31.4 Å². The van der Waals surface area contributed by atoms with E-state index in [4.69, 9.17) is 0 Å². The summed E-state index contributed by atoms with van der Waals surface area (Å²) in [5.41, 5.74) is 0.978. The Bertz CT molecular complexity index is 204. The maximum atomic E-state index is 3.72. The molecular formula is C12H24N2. The fraction of sp³-hybridized carbons (Fsp3) is 1.00. The van der Waals surface area contributed by atoms with E-state index in [0.29, 0.717) is 11.0 Å². The van der Waals surface area contributed by atoms with Crippen molar-refractivity contribution in [2.24, 2.45) is 5.41 Å². The Morgan fingerprint density at radius 3 is 2.57 bits per heavy atom. The van der Waals surface area contributed by atoms with Gasteiger partial charge in [0.25, 0.3) is 0 Å². The Morgan fingerprint density at radius 2 is 2.14 bits per heavy atom. The lowest BCUT2D eigenvalue weighted by Gasteiger charge is -2.29. The second-order valence-electron chi connectivity index (χ2n) is 5.79. The van der Waals surface area contributed by atoms with Crippen LogP contribution >= 0.6 is 0 Å². The first-order chi connectivity index (χ1) is 6.58. The van der Waals surface area contributed by atoms with Gasteiger partial charge in [-0.15, -0.1) is 0 Å². The molecule has 82 valence electrons. The summed E-state index contributed by atoms with van der Waals surface area (Å²) in [6.07, 6.45) is 5.31. The van der Waals surface area contributed by atoms with Crippen molar-refractivity contribution < 1.29 is 0 Å². The molecule has 2 atom stereocenters. The van der Waals surface area contributed by atoms with Gasteiger partial charge in [0.1, 0.15) is 0 Å². The van der Waals surface area contributed by atoms with Crippen molar-refractivity contribution in [1.82, 2.24) is 10.6 Å². The van der Waals surface area contributed by atoms with E-state index in [1.807, 2.05) is 0 Å². The van der Waals surface area contributed by atoms with Crippen molar-refractivity contribution in [3.63, 3.8) is 0 Å². The molecule has 2 rings (SSSR count). The van der Waals surface area contributed by atoms with Crippen LogP contribution < -0.4 is 10.6 Å². The van der Waals surface area contributed by atoms with Crippen LogP contribution in [-0.4, -0.2) is 24.7 Å². The molecule has 0 spiro atoms. The van der Waals surface area contributed by atoms with Gasteiger partial charge in [0.2, 0.25) is 0 Å². The maximum absolute atomic E-state index is 3.72. The SMILES string of the molecule is CCC1(CNC2CC2(C)C)CCCN1. The molecule has 1 saturated heterocycles. The van der Waals surface area contributed by atoms with Crippen molar-refractivity contribution in [1.29, 1.82) is 0 Å². The predicted octanol–water partition coefficient (Wildman–Crippen LogP) is 1.91. The summed E-state index contributed by atoms with van der Waals surface area (Å²) in [6.45, 7) is 9.38. The highest BCUT2D eigenvalue weighted by atomic mass is 15.1. The average Bonchev–Trinajstić information content (AvgIpc) is 2.63. The molecule has 1 saturated carbocycles. The second-order valence-corrected chi connectivity index (χ2v) is 5.79. The molecule has 2 heteroatoms. The van der Waals surface area contributed by atoms with E-state index in [-0.39, 0.29) is 0 Å². The van der Waals surface area contributed by atoms with Crippen LogP contribution in [-0.2, 0) is 0 Å². The molecule has 1 aliphatic carbocycles. The first kappa shape index (κ1) is 10.4. The van der Waals surface area contributed by atoms with Crippen molar-refractivity contribution in [3.05, 3.63) is 0 Å². The molecule has 2 unspecified atom stereocenters. The lowest BCUT2D eigenvalue weighted by molar-refractivity contribution is 0.332. The van der Waals surface area contributed by atoms with Gasteiger partial charge >= 0.3 is 0 Å². The average molecular weight is 196 g/mol. The molecule has 2 N–H and O–H groups in total. The summed E-state index contributed by atoms with van der Waals surface area (Å²) in [6, 6.07) is 0.772. The van der Waals surface area contributed by atoms with Gasteiger partial charge in [-0.05, 0) is 37.6 Å². The highest BCUT2D eigenvalue weighted by molar-refractivity contribution is 5.04. The Labute approximate surface area is 87.8 Å². The number of nitrogens with one attached hydrogen (secondary N) is 2. The van der Waals surface area contributed by atoms with Crippen molar-refractivity contribution in [2.75, 3.05) is 13.1 Å². The quantitative estimate of drug-likeness (QED) is 0.717. The van der Waals surface area contributed by atoms with Crippen LogP contribution in [0.3, 0.4) is 0 Å². The molecule has 0 aromatic heterocycles. The Morgan fingerprint density at radius 1 is 1.43 bits per heavy atom. The van der Waals surface area contributed by atoms with E-state index in [1.54, 1.807) is 0 Å². The fourth-order valence-electron chi connectivity index (χ4n) is 2.58. The number of hydrogen-bond acceptors (Lipinski definition) is 2. The minimum absolute atomic E-state index is 0.415. The van der Waals surface area contributed by atoms with Gasteiger partial charge in [0.05, 0.1) is 0 Å². The fourth-order valence-corrected chi connectivity index (χ4v) is 2.58. The third-order valence-electron chi connectivity index (χ3n) is 4.21. The molecule has 2 nitrogen and oxygen atoms in total. The molecular weight excluding hydrogens is 172 g/mol. The summed E-state index contributed by atoms with van der Waals surface area (Å²) in [4.78, 5) is 0. The standard InChI is InChI=1S/C12H24N2/c1-4-12(6-5-7-14-12)9-13-10-8-11(10,2)3/h10,13-14H,4-9H2,1-3H3. The van der Waals surface area contributed by atoms with Crippen molar-refractivity contribution in [3.8, 4) is 0 Å². The summed E-state index contributed by atoms with van der Waals surface area (Å²) >= 11 is 0. The van der Waals surface area contributed by atoms with Crippen LogP contribution in [0.2, 0.25) is 0 Å². The molecule has 0 radical (unpaired) electrons. The van der Waals surface area contributed by atoms with Crippen LogP contribution in [0, 0.1) is 5.41 Å². The Balaban J connectivity index is 1.79. The molecule has 1 aliphatic heterocycles. The smallest absolute Gasteiger partial charge is 0.0304 e. The molecule has 1 heterocycles. The zero-order chi connectivity index (χ0) is 10.2. The van der Waals surface area contributed by atoms with E-state index in [1.165, 1.54) is 32.2 Å². The first-order valence-electron chi connectivity index (χ1n) is 6.06. The van der Waals surface area contributed by atoms with Crippen LogP contribution in [0.4, 0.5) is 0 Å². The summed E-state index contributed by atoms with van der Waals surface area (Å²) < 4.78 is 0. The molecule has 0 amide bonds. The second kappa shape index (κ2) is 3.49. The minimum atomic E-state index is 0.415. The van der Waals surface area contributed by atoms with Crippen LogP contribution in [0.15, 0.2) is 0 Å². The lowest BCUT2D eigenvalue weighted by Crippen LogP contribution is -2.48. The third kappa shape index (κ3) is 1.96. The summed E-state index contributed by atoms with van der Waals surface area (Å²) in [7, 11) is 0. The lowest BCUT2D eigenvalue weighted by atomic mass is 9.94. The van der Waals surface area contributed by atoms with E-state index in [9.17, 15) is 0 Å². The minimum Gasteiger partial charge on any atom is -0.312 e. The van der Waals surface area contributed by atoms with Crippen molar-refractivity contribution in [2.45, 2.75) is 58.0 Å². The molecule has 14 heavy (non-hydrogen) atoms. The van der Waals surface area contributed by atoms with Gasteiger partial charge in [-0.2, -0.15) is 0 Å². The highest BCUT2D eigenvalue weighted by Gasteiger charge is 2.46. The van der Waals surface area contributed by atoms with Gasteiger partial charge in [0.15, 0.2) is 0 Å². The molecule has 0 aromatic carbocycles. The topological polar surface area (TPSA) is 24.1 Å². The normalized spacial score (nSPS) is 40.1. The predicted molar refractivity (Wildman–Crippen MR) is 60.4 cm³/mol. The largest absolute Gasteiger partial charge is 0.312 e. The Hall–Kier alpha value is -0.0800. The van der Waals surface area contributed by atoms with Gasteiger partial charge in [-0.25, -0.2) is 0 Å². The third-order valence-corrected chi connectivity index (χ3v) is 4.21. The first-order valence-corrected chi connectivity index (χ1v) is 6.06. The van der Waals surface area contributed by atoms with Gasteiger partial charge < -0.3 is 10.6 Å². The Kier molecular flexibility index (Phi) is 2.61. The van der Waals surface area contributed by atoms with Crippen LogP contribution in [0.1, 0.15) is 46.5 Å². The summed E-state index contributed by atoms with van der Waals surface area (Å²) in [5.74, 6) is 0. The molecule has 2 fully saturated rings. The molecule has 0 bridgehead atoms. The van der Waals surface area contributed by atoms with Crippen LogP contribution in [0.25, 0.3) is 0 Å². The summed E-state index contributed by atoms with van der Waals surface area (Å²) in [5, 5.41) is 7.39. The zero-order valence-electron chi connectivity index (χ0n) is 9.82. The monoisotopic (exact) mass is 196 g/mol. The molecule has 2 aliphatic rings. The van der Waals surface area contributed by atoms with Crippen molar-refractivity contribution >= 4 is 0 Å². The number of hydrogen-bond donors (Lipinski definition) is 2. The molecule has 0 aromatic rings. The highest BCUT2D eigenvalue weighted by Crippen LogP contribution is 2.44. The maximum Gasteiger partial charge on any atom is 0.0304 e. The van der Waals surface area contributed by atoms with Crippen LogP contribution in [0.5, 0.6) is 0 Å². The number of rotatable bonds is 4. The van der Waals surface area contributed by atoms with E-state index < -0.39 is 0 Å². The van der Waals surface area contributed by atoms with E-state index >= 15 is 0 Å². The van der Waals surface area contributed by atoms with Gasteiger partial charge in [-0.3, -0.25) is 0 Å². The van der Waals surface area contributed by atoms with Gasteiger partial charge in [-0.1, -0.05) is 20.8 Å². The zero-order valence-corrected chi connectivity index (χ0v) is 9.82. The van der Waals surface area contributed by atoms with Gasteiger partial charge in [0, 0.05) is 18.1 Å². The van der Waals surface area contributed by atoms with E-state index in [0.717, 1.165) is 12.6 Å².